The van der Waals surface area contributed by atoms with Crippen LogP contribution in [0.15, 0.2) is 6.20 Å². The second kappa shape index (κ2) is 7.03. The number of nitrogens with one attached hydrogen (secondary N) is 1. The molecule has 1 unspecified atom stereocenters. The number of rotatable bonds is 7. The first-order valence-corrected chi connectivity index (χ1v) is 7.14. The topological polar surface area (TPSA) is 59.3 Å². The van der Waals surface area contributed by atoms with E-state index < -0.39 is 6.10 Å². The van der Waals surface area contributed by atoms with Crippen molar-refractivity contribution in [2.45, 2.75) is 51.4 Å². The number of nitrogens with zero attached hydrogens (tertiary/aromatic N) is 2. The molecule has 1 saturated carbocycles. The minimum absolute atomic E-state index is 0.371. The normalized spacial score (nSPS) is 18.1. The van der Waals surface area contributed by atoms with E-state index in [1.807, 2.05) is 24.9 Å². The van der Waals surface area contributed by atoms with Crippen LogP contribution in [0, 0.1) is 6.92 Å². The largest absolute Gasteiger partial charge is 0.389 e. The average Bonchev–Trinajstić information content (AvgIpc) is 2.97. The van der Waals surface area contributed by atoms with Crippen molar-refractivity contribution in [3.8, 4) is 0 Å². The van der Waals surface area contributed by atoms with Gasteiger partial charge in [0.05, 0.1) is 24.5 Å². The van der Waals surface area contributed by atoms with E-state index in [0.29, 0.717) is 19.3 Å². The number of hydrogen-bond donors (Lipinski definition) is 2. The van der Waals surface area contributed by atoms with E-state index in [2.05, 4.69) is 10.4 Å². The Kier molecular flexibility index (Phi) is 5.36. The number of ether oxygens (including phenoxy) is 1. The minimum atomic E-state index is -0.433. The highest BCUT2D eigenvalue weighted by Crippen LogP contribution is 2.20. The van der Waals surface area contributed by atoms with Gasteiger partial charge in [0, 0.05) is 31.9 Å². The molecule has 2 N–H and O–H groups in total. The lowest BCUT2D eigenvalue weighted by atomic mass is 10.2. The molecule has 108 valence electrons. The molecule has 1 atom stereocenters. The Hall–Kier alpha value is -0.910. The van der Waals surface area contributed by atoms with Crippen LogP contribution in [-0.4, -0.2) is 40.2 Å². The van der Waals surface area contributed by atoms with Crippen LogP contribution in [0.4, 0.5) is 0 Å². The summed E-state index contributed by atoms with van der Waals surface area (Å²) >= 11 is 0. The summed E-state index contributed by atoms with van der Waals surface area (Å²) in [5.74, 6) is 0. The van der Waals surface area contributed by atoms with Crippen molar-refractivity contribution in [3.05, 3.63) is 17.5 Å². The maximum absolute atomic E-state index is 9.85. The number of aliphatic hydroxyl groups is 1. The predicted molar refractivity (Wildman–Crippen MR) is 73.9 cm³/mol. The molecule has 0 saturated heterocycles. The fraction of sp³-hybridized carbons (Fsp3) is 0.786. The molecule has 19 heavy (non-hydrogen) atoms. The van der Waals surface area contributed by atoms with Crippen LogP contribution >= 0.6 is 0 Å². The van der Waals surface area contributed by atoms with Crippen molar-refractivity contribution >= 4 is 0 Å². The molecule has 1 fully saturated rings. The fourth-order valence-electron chi connectivity index (χ4n) is 2.56. The SMILES string of the molecule is Cc1nn(C)cc1CNCC(O)COC1CCCC1. The van der Waals surface area contributed by atoms with E-state index in [-0.39, 0.29) is 0 Å². The summed E-state index contributed by atoms with van der Waals surface area (Å²) in [6.45, 7) is 3.72. The van der Waals surface area contributed by atoms with Crippen molar-refractivity contribution < 1.29 is 9.84 Å². The van der Waals surface area contributed by atoms with Crippen molar-refractivity contribution in [3.63, 3.8) is 0 Å². The lowest BCUT2D eigenvalue weighted by Gasteiger charge is -2.15. The van der Waals surface area contributed by atoms with Gasteiger partial charge in [0.15, 0.2) is 0 Å². The highest BCUT2D eigenvalue weighted by Gasteiger charge is 2.16. The molecule has 2 rings (SSSR count). The smallest absolute Gasteiger partial charge is 0.0897 e. The van der Waals surface area contributed by atoms with E-state index in [1.165, 1.54) is 18.4 Å². The van der Waals surface area contributed by atoms with Crippen LogP contribution < -0.4 is 5.32 Å². The quantitative estimate of drug-likeness (QED) is 0.778. The summed E-state index contributed by atoms with van der Waals surface area (Å²) < 4.78 is 7.50. The Morgan fingerprint density at radius 3 is 2.89 bits per heavy atom. The molecule has 1 aliphatic rings. The molecule has 0 amide bonds. The summed E-state index contributed by atoms with van der Waals surface area (Å²) in [7, 11) is 1.92. The van der Waals surface area contributed by atoms with Gasteiger partial charge in [0.25, 0.3) is 0 Å². The van der Waals surface area contributed by atoms with Gasteiger partial charge >= 0.3 is 0 Å². The van der Waals surface area contributed by atoms with Gasteiger partial charge in [-0.25, -0.2) is 0 Å². The summed E-state index contributed by atoms with van der Waals surface area (Å²) in [6.07, 6.45) is 6.76. The van der Waals surface area contributed by atoms with Gasteiger partial charge in [-0.15, -0.1) is 0 Å². The van der Waals surface area contributed by atoms with Gasteiger partial charge in [-0.1, -0.05) is 12.8 Å². The first kappa shape index (κ1) is 14.5. The minimum Gasteiger partial charge on any atom is -0.389 e. The maximum atomic E-state index is 9.85. The van der Waals surface area contributed by atoms with Crippen LogP contribution in [0.25, 0.3) is 0 Å². The van der Waals surface area contributed by atoms with Gasteiger partial charge in [0.1, 0.15) is 0 Å². The molecule has 0 aliphatic heterocycles. The molecule has 1 aliphatic carbocycles. The second-order valence-corrected chi connectivity index (χ2v) is 5.44. The zero-order valence-corrected chi connectivity index (χ0v) is 11.9. The van der Waals surface area contributed by atoms with E-state index >= 15 is 0 Å². The Bertz CT molecular complexity index is 386. The molecule has 0 spiro atoms. The molecule has 5 nitrogen and oxygen atoms in total. The third-order valence-electron chi connectivity index (χ3n) is 3.64. The standard InChI is InChI=1S/C14H25N3O2/c1-11-12(9-17(2)16-11)7-15-8-13(18)10-19-14-5-3-4-6-14/h9,13-15,18H,3-8,10H2,1-2H3. The van der Waals surface area contributed by atoms with Crippen molar-refractivity contribution in [1.29, 1.82) is 0 Å². The number of hydrogen-bond acceptors (Lipinski definition) is 4. The summed E-state index contributed by atoms with van der Waals surface area (Å²) in [4.78, 5) is 0. The number of aliphatic hydroxyl groups excluding tert-OH is 1. The first-order valence-electron chi connectivity index (χ1n) is 7.14. The van der Waals surface area contributed by atoms with Gasteiger partial charge in [-0.3, -0.25) is 4.68 Å². The average molecular weight is 267 g/mol. The molecule has 1 heterocycles. The van der Waals surface area contributed by atoms with Crippen LogP contribution in [-0.2, 0) is 18.3 Å². The van der Waals surface area contributed by atoms with Crippen molar-refractivity contribution in [1.82, 2.24) is 15.1 Å². The second-order valence-electron chi connectivity index (χ2n) is 5.44. The fourth-order valence-corrected chi connectivity index (χ4v) is 2.56. The molecule has 0 bridgehead atoms. The maximum Gasteiger partial charge on any atom is 0.0897 e. The lowest BCUT2D eigenvalue weighted by Crippen LogP contribution is -2.31. The zero-order valence-electron chi connectivity index (χ0n) is 11.9. The van der Waals surface area contributed by atoms with Crippen LogP contribution in [0.5, 0.6) is 0 Å². The van der Waals surface area contributed by atoms with Crippen LogP contribution in [0.1, 0.15) is 36.9 Å². The van der Waals surface area contributed by atoms with Crippen LogP contribution in [0.2, 0.25) is 0 Å². The van der Waals surface area contributed by atoms with Crippen molar-refractivity contribution in [2.75, 3.05) is 13.2 Å². The van der Waals surface area contributed by atoms with Gasteiger partial charge in [-0.05, 0) is 19.8 Å². The molecular formula is C14H25N3O2. The van der Waals surface area contributed by atoms with E-state index in [9.17, 15) is 5.11 Å². The predicted octanol–water partition coefficient (Wildman–Crippen LogP) is 1.14. The highest BCUT2D eigenvalue weighted by molar-refractivity contribution is 5.14. The molecule has 1 aromatic heterocycles. The number of aryl methyl sites for hydroxylation is 2. The molecule has 0 aromatic carbocycles. The zero-order chi connectivity index (χ0) is 13.7. The number of aromatic nitrogens is 2. The lowest BCUT2D eigenvalue weighted by molar-refractivity contribution is -0.00550. The van der Waals surface area contributed by atoms with Gasteiger partial charge in [-0.2, -0.15) is 5.10 Å². The Labute approximate surface area is 115 Å². The van der Waals surface area contributed by atoms with Crippen LogP contribution in [0.3, 0.4) is 0 Å². The third-order valence-corrected chi connectivity index (χ3v) is 3.64. The Balaban J connectivity index is 1.60. The van der Waals surface area contributed by atoms with Gasteiger partial charge in [0.2, 0.25) is 0 Å². The molecular weight excluding hydrogens is 242 g/mol. The highest BCUT2D eigenvalue weighted by atomic mass is 16.5. The molecule has 5 heteroatoms. The third kappa shape index (κ3) is 4.60. The Morgan fingerprint density at radius 2 is 2.26 bits per heavy atom. The van der Waals surface area contributed by atoms with E-state index in [4.69, 9.17) is 4.74 Å². The Morgan fingerprint density at radius 1 is 1.53 bits per heavy atom. The van der Waals surface area contributed by atoms with Gasteiger partial charge < -0.3 is 15.2 Å². The monoisotopic (exact) mass is 267 g/mol. The first-order chi connectivity index (χ1) is 9.15. The van der Waals surface area contributed by atoms with E-state index in [1.54, 1.807) is 0 Å². The summed E-state index contributed by atoms with van der Waals surface area (Å²) in [5.41, 5.74) is 2.21. The molecule has 0 radical (unpaired) electrons. The van der Waals surface area contributed by atoms with Crippen molar-refractivity contribution in [2.24, 2.45) is 7.05 Å². The molecule has 1 aromatic rings. The summed E-state index contributed by atoms with van der Waals surface area (Å²) in [5, 5.41) is 17.4. The van der Waals surface area contributed by atoms with E-state index in [0.717, 1.165) is 25.1 Å². The summed E-state index contributed by atoms with van der Waals surface area (Å²) in [6, 6.07) is 0.